The van der Waals surface area contributed by atoms with Gasteiger partial charge in [0.2, 0.25) is 0 Å². The predicted molar refractivity (Wildman–Crippen MR) is 99.5 cm³/mol. The third-order valence-corrected chi connectivity index (χ3v) is 4.89. The van der Waals surface area contributed by atoms with Crippen molar-refractivity contribution < 1.29 is 29.6 Å². The summed E-state index contributed by atoms with van der Waals surface area (Å²) in [6.45, 7) is 4.68. The fraction of sp³-hybridized carbons (Fsp3) is 0.400. The van der Waals surface area contributed by atoms with Crippen LogP contribution in [0.3, 0.4) is 0 Å². The van der Waals surface area contributed by atoms with Crippen molar-refractivity contribution in [3.05, 3.63) is 64.7 Å². The zero-order valence-electron chi connectivity index (χ0n) is 14.7. The number of benzene rings is 2. The minimum absolute atomic E-state index is 0. The van der Waals surface area contributed by atoms with E-state index in [9.17, 15) is 0 Å². The molecule has 3 rings (SSSR count). The van der Waals surface area contributed by atoms with Crippen molar-refractivity contribution in [1.29, 1.82) is 0 Å². The van der Waals surface area contributed by atoms with E-state index < -0.39 is 0 Å². The van der Waals surface area contributed by atoms with E-state index in [1.165, 1.54) is 18.4 Å². The summed E-state index contributed by atoms with van der Waals surface area (Å²) in [6.07, 6.45) is 2.52. The summed E-state index contributed by atoms with van der Waals surface area (Å²) >= 11 is 6.20. The van der Waals surface area contributed by atoms with Gasteiger partial charge in [0.1, 0.15) is 12.4 Å². The molecule has 0 saturated carbocycles. The zero-order valence-corrected chi connectivity index (χ0v) is 17.0. The van der Waals surface area contributed by atoms with E-state index in [-0.39, 0.29) is 24.8 Å². The number of halogens is 3. The Kier molecular flexibility index (Phi) is 11.0. The smallest absolute Gasteiger partial charge is 0.124 e. The molecule has 2 aromatic carbocycles. The fourth-order valence-corrected chi connectivity index (χ4v) is 3.25. The SMILES string of the molecule is Clc1ccccc1COc1ccccc1CNCC1CCNCC1.[Cl-].[Cl-]. The summed E-state index contributed by atoms with van der Waals surface area (Å²) in [6, 6.07) is 16.0. The molecule has 0 amide bonds. The van der Waals surface area contributed by atoms with Gasteiger partial charge in [-0.2, -0.15) is 0 Å². The molecule has 0 aromatic heterocycles. The third-order valence-electron chi connectivity index (χ3n) is 4.52. The number of hydrogen-bond donors (Lipinski definition) is 2. The topological polar surface area (TPSA) is 33.3 Å². The number of para-hydroxylation sites is 1. The predicted octanol–water partition coefficient (Wildman–Crippen LogP) is -1.98. The van der Waals surface area contributed by atoms with Gasteiger partial charge < -0.3 is 40.2 Å². The molecule has 1 aliphatic rings. The number of ether oxygens (including phenoxy) is 1. The second-order valence-electron chi connectivity index (χ2n) is 6.31. The molecule has 0 aliphatic carbocycles. The van der Waals surface area contributed by atoms with Crippen LogP contribution in [0.15, 0.2) is 48.5 Å². The van der Waals surface area contributed by atoms with Gasteiger partial charge in [-0.3, -0.25) is 0 Å². The minimum Gasteiger partial charge on any atom is -1.00 e. The lowest BCUT2D eigenvalue weighted by atomic mass is 9.98. The molecular formula is C20H25Cl3N2O-2. The van der Waals surface area contributed by atoms with Crippen LogP contribution in [-0.2, 0) is 13.2 Å². The van der Waals surface area contributed by atoms with Crippen LogP contribution in [0.2, 0.25) is 5.02 Å². The summed E-state index contributed by atoms with van der Waals surface area (Å²) in [5, 5.41) is 7.75. The first-order chi connectivity index (χ1) is 11.8. The molecule has 0 atom stereocenters. The van der Waals surface area contributed by atoms with Gasteiger partial charge in [-0.25, -0.2) is 0 Å². The maximum absolute atomic E-state index is 6.20. The molecule has 0 radical (unpaired) electrons. The van der Waals surface area contributed by atoms with Gasteiger partial charge in [0.15, 0.2) is 0 Å². The van der Waals surface area contributed by atoms with Crippen LogP contribution >= 0.6 is 11.6 Å². The monoisotopic (exact) mass is 414 g/mol. The Balaban J connectivity index is 0.00000169. The summed E-state index contributed by atoms with van der Waals surface area (Å²) in [7, 11) is 0. The lowest BCUT2D eigenvalue weighted by molar-refractivity contribution is -0.00100. The van der Waals surface area contributed by atoms with Gasteiger partial charge in [0.05, 0.1) is 0 Å². The average molecular weight is 416 g/mol. The van der Waals surface area contributed by atoms with E-state index in [2.05, 4.69) is 22.8 Å². The van der Waals surface area contributed by atoms with Crippen LogP contribution < -0.4 is 40.2 Å². The van der Waals surface area contributed by atoms with Crippen molar-refractivity contribution in [3.8, 4) is 5.75 Å². The number of hydrogen-bond acceptors (Lipinski definition) is 3. The Morgan fingerprint density at radius 3 is 2.35 bits per heavy atom. The van der Waals surface area contributed by atoms with E-state index in [4.69, 9.17) is 16.3 Å². The quantitative estimate of drug-likeness (QED) is 0.550. The van der Waals surface area contributed by atoms with Gasteiger partial charge in [0, 0.05) is 22.7 Å². The first-order valence-electron chi connectivity index (χ1n) is 8.68. The first-order valence-corrected chi connectivity index (χ1v) is 9.06. The fourth-order valence-electron chi connectivity index (χ4n) is 3.06. The van der Waals surface area contributed by atoms with Crippen LogP contribution in [0.5, 0.6) is 5.75 Å². The zero-order chi connectivity index (χ0) is 16.6. The highest BCUT2D eigenvalue weighted by atomic mass is 35.5. The molecule has 0 unspecified atom stereocenters. The van der Waals surface area contributed by atoms with Crippen molar-refractivity contribution in [3.63, 3.8) is 0 Å². The molecule has 26 heavy (non-hydrogen) atoms. The molecule has 3 nitrogen and oxygen atoms in total. The lowest BCUT2D eigenvalue weighted by Crippen LogP contribution is -3.00. The molecule has 1 aliphatic heterocycles. The normalized spacial score (nSPS) is 14.2. The maximum Gasteiger partial charge on any atom is 0.124 e. The number of piperidine rings is 1. The summed E-state index contributed by atoms with van der Waals surface area (Å²) in [5.74, 6) is 1.71. The molecule has 1 fully saturated rings. The van der Waals surface area contributed by atoms with Crippen LogP contribution in [-0.4, -0.2) is 19.6 Å². The maximum atomic E-state index is 6.20. The third kappa shape index (κ3) is 6.98. The van der Waals surface area contributed by atoms with Gasteiger partial charge in [-0.15, -0.1) is 0 Å². The standard InChI is InChI=1S/C20H25ClN2O.2ClH/c21-19-7-3-1-6-18(19)15-24-20-8-4-2-5-17(20)14-23-13-16-9-11-22-12-10-16;;/h1-8,16,22-23H,9-15H2;2*1H/p-2. The average Bonchev–Trinajstić information content (AvgIpc) is 2.63. The molecule has 6 heteroatoms. The summed E-state index contributed by atoms with van der Waals surface area (Å²) in [4.78, 5) is 0. The second-order valence-corrected chi connectivity index (χ2v) is 6.72. The van der Waals surface area contributed by atoms with Gasteiger partial charge in [0.25, 0.3) is 0 Å². The Labute approximate surface area is 173 Å². The van der Waals surface area contributed by atoms with Crippen LogP contribution in [0.4, 0.5) is 0 Å². The van der Waals surface area contributed by atoms with E-state index in [0.717, 1.165) is 48.4 Å². The van der Waals surface area contributed by atoms with Crippen molar-refractivity contribution in [2.75, 3.05) is 19.6 Å². The van der Waals surface area contributed by atoms with E-state index >= 15 is 0 Å². The minimum atomic E-state index is 0. The van der Waals surface area contributed by atoms with Crippen molar-refractivity contribution in [2.45, 2.75) is 26.0 Å². The van der Waals surface area contributed by atoms with Crippen molar-refractivity contribution in [2.24, 2.45) is 5.92 Å². The first kappa shape index (κ1) is 23.1. The Morgan fingerprint density at radius 1 is 0.962 bits per heavy atom. The molecule has 1 saturated heterocycles. The Morgan fingerprint density at radius 2 is 1.62 bits per heavy atom. The van der Waals surface area contributed by atoms with Crippen LogP contribution in [0.1, 0.15) is 24.0 Å². The highest BCUT2D eigenvalue weighted by Crippen LogP contribution is 2.22. The summed E-state index contributed by atoms with van der Waals surface area (Å²) in [5.41, 5.74) is 2.20. The molecule has 144 valence electrons. The van der Waals surface area contributed by atoms with Gasteiger partial charge >= 0.3 is 0 Å². The van der Waals surface area contributed by atoms with E-state index in [1.807, 2.05) is 36.4 Å². The lowest BCUT2D eigenvalue weighted by Gasteiger charge is -2.23. The molecule has 2 aromatic rings. The highest BCUT2D eigenvalue weighted by Gasteiger charge is 2.12. The molecule has 2 N–H and O–H groups in total. The molecular weight excluding hydrogens is 391 g/mol. The van der Waals surface area contributed by atoms with Crippen molar-refractivity contribution in [1.82, 2.24) is 10.6 Å². The largest absolute Gasteiger partial charge is 1.00 e. The van der Waals surface area contributed by atoms with Gasteiger partial charge in [-0.1, -0.05) is 48.0 Å². The number of nitrogens with one attached hydrogen (secondary N) is 2. The Hall–Kier alpha value is -0.970. The van der Waals surface area contributed by atoms with Gasteiger partial charge in [-0.05, 0) is 50.5 Å². The molecule has 1 heterocycles. The van der Waals surface area contributed by atoms with E-state index in [1.54, 1.807) is 0 Å². The van der Waals surface area contributed by atoms with Crippen LogP contribution in [0.25, 0.3) is 0 Å². The van der Waals surface area contributed by atoms with E-state index in [0.29, 0.717) is 6.61 Å². The second kappa shape index (κ2) is 12.4. The van der Waals surface area contributed by atoms with Crippen LogP contribution in [0, 0.1) is 5.92 Å². The summed E-state index contributed by atoms with van der Waals surface area (Å²) < 4.78 is 6.01. The highest BCUT2D eigenvalue weighted by molar-refractivity contribution is 6.31. The number of rotatable bonds is 7. The Bertz CT molecular complexity index is 648. The molecule has 0 bridgehead atoms. The molecule has 0 spiro atoms. The van der Waals surface area contributed by atoms with Crippen molar-refractivity contribution >= 4 is 11.6 Å².